The molecule has 2 heteroatoms. The van der Waals surface area contributed by atoms with Gasteiger partial charge >= 0.3 is 5.97 Å². The van der Waals surface area contributed by atoms with E-state index in [4.69, 9.17) is 5.11 Å². The zero-order chi connectivity index (χ0) is 12.3. The monoisotopic (exact) mass is 220 g/mol. The summed E-state index contributed by atoms with van der Waals surface area (Å²) in [6, 6.07) is 4.24. The third-order valence-corrected chi connectivity index (χ3v) is 3.13. The summed E-state index contributed by atoms with van der Waals surface area (Å²) in [5.41, 5.74) is 4.84. The first-order chi connectivity index (χ1) is 7.45. The van der Waals surface area contributed by atoms with Crippen molar-refractivity contribution in [1.82, 2.24) is 0 Å². The molecule has 0 bridgehead atoms. The van der Waals surface area contributed by atoms with Crippen molar-refractivity contribution >= 4 is 5.97 Å². The molecule has 0 amide bonds. The Morgan fingerprint density at radius 2 is 1.75 bits per heavy atom. The van der Waals surface area contributed by atoms with Crippen LogP contribution in [0.3, 0.4) is 0 Å². The standard InChI is InChI=1S/C14H20O2/c1-5-12(14(15)16)8-13-10(3)6-9(2)7-11(13)4/h6-7,12H,5,8H2,1-4H3,(H,15,16). The van der Waals surface area contributed by atoms with Gasteiger partial charge in [-0.15, -0.1) is 0 Å². The van der Waals surface area contributed by atoms with Crippen molar-refractivity contribution in [3.8, 4) is 0 Å². The molecule has 2 nitrogen and oxygen atoms in total. The zero-order valence-corrected chi connectivity index (χ0v) is 10.5. The molecule has 16 heavy (non-hydrogen) atoms. The van der Waals surface area contributed by atoms with Crippen LogP contribution >= 0.6 is 0 Å². The highest BCUT2D eigenvalue weighted by Gasteiger charge is 2.17. The SMILES string of the molecule is CCC(Cc1c(C)cc(C)cc1C)C(=O)O. The number of aliphatic carboxylic acids is 1. The molecular weight excluding hydrogens is 200 g/mol. The predicted octanol–water partition coefficient (Wildman–Crippen LogP) is 3.27. The normalized spacial score (nSPS) is 12.5. The van der Waals surface area contributed by atoms with Crippen LogP contribution in [0.1, 0.15) is 35.6 Å². The molecule has 0 heterocycles. The first kappa shape index (κ1) is 12.8. The van der Waals surface area contributed by atoms with E-state index in [1.54, 1.807) is 0 Å². The van der Waals surface area contributed by atoms with Crippen LogP contribution in [-0.2, 0) is 11.2 Å². The minimum atomic E-state index is -0.693. The van der Waals surface area contributed by atoms with Crippen molar-refractivity contribution in [1.29, 1.82) is 0 Å². The van der Waals surface area contributed by atoms with Crippen molar-refractivity contribution < 1.29 is 9.90 Å². The van der Waals surface area contributed by atoms with Crippen LogP contribution in [-0.4, -0.2) is 11.1 Å². The number of carbonyl (C=O) groups is 1. The smallest absolute Gasteiger partial charge is 0.306 e. The second kappa shape index (κ2) is 5.15. The van der Waals surface area contributed by atoms with Crippen molar-refractivity contribution in [2.75, 3.05) is 0 Å². The average molecular weight is 220 g/mol. The Morgan fingerprint density at radius 3 is 2.12 bits per heavy atom. The summed E-state index contributed by atoms with van der Waals surface area (Å²) in [7, 11) is 0. The largest absolute Gasteiger partial charge is 0.481 e. The zero-order valence-electron chi connectivity index (χ0n) is 10.5. The molecule has 0 spiro atoms. The fraction of sp³-hybridized carbons (Fsp3) is 0.500. The summed E-state index contributed by atoms with van der Waals surface area (Å²) >= 11 is 0. The second-order valence-corrected chi connectivity index (χ2v) is 4.52. The lowest BCUT2D eigenvalue weighted by Crippen LogP contribution is -2.16. The average Bonchev–Trinajstić information content (AvgIpc) is 2.15. The van der Waals surface area contributed by atoms with Crippen molar-refractivity contribution in [2.24, 2.45) is 5.92 Å². The highest BCUT2D eigenvalue weighted by Crippen LogP contribution is 2.21. The van der Waals surface area contributed by atoms with Gasteiger partial charge in [0.05, 0.1) is 5.92 Å². The number of rotatable bonds is 4. The minimum absolute atomic E-state index is 0.264. The van der Waals surface area contributed by atoms with Gasteiger partial charge in [0.25, 0.3) is 0 Å². The van der Waals surface area contributed by atoms with Gasteiger partial charge in [-0.1, -0.05) is 24.6 Å². The predicted molar refractivity (Wildman–Crippen MR) is 65.8 cm³/mol. The van der Waals surface area contributed by atoms with E-state index in [0.29, 0.717) is 12.8 Å². The Hall–Kier alpha value is -1.31. The van der Waals surface area contributed by atoms with E-state index in [0.717, 1.165) is 0 Å². The van der Waals surface area contributed by atoms with Gasteiger partial charge in [-0.2, -0.15) is 0 Å². The number of benzene rings is 1. The maximum atomic E-state index is 11.0. The summed E-state index contributed by atoms with van der Waals surface area (Å²) in [6.07, 6.45) is 1.33. The van der Waals surface area contributed by atoms with Crippen LogP contribution in [0.25, 0.3) is 0 Å². The molecule has 88 valence electrons. The molecule has 1 unspecified atom stereocenters. The Kier molecular flexibility index (Phi) is 4.11. The van der Waals surface area contributed by atoms with Gasteiger partial charge in [-0.05, 0) is 50.3 Å². The fourth-order valence-corrected chi connectivity index (χ4v) is 2.18. The molecule has 0 aliphatic carbocycles. The molecule has 1 atom stereocenters. The molecule has 1 aromatic carbocycles. The minimum Gasteiger partial charge on any atom is -0.481 e. The van der Waals surface area contributed by atoms with Crippen molar-refractivity contribution in [2.45, 2.75) is 40.5 Å². The molecule has 1 rings (SSSR count). The lowest BCUT2D eigenvalue weighted by molar-refractivity contribution is -0.141. The molecule has 0 aliphatic heterocycles. The van der Waals surface area contributed by atoms with E-state index >= 15 is 0 Å². The molecule has 0 fully saturated rings. The Bertz CT molecular complexity index is 371. The highest BCUT2D eigenvalue weighted by molar-refractivity contribution is 5.70. The summed E-state index contributed by atoms with van der Waals surface area (Å²) in [6.45, 7) is 8.11. The molecule has 0 saturated heterocycles. The van der Waals surface area contributed by atoms with E-state index in [1.165, 1.54) is 22.3 Å². The van der Waals surface area contributed by atoms with Crippen LogP contribution in [0.4, 0.5) is 0 Å². The molecule has 0 aliphatic rings. The van der Waals surface area contributed by atoms with E-state index in [1.807, 2.05) is 6.92 Å². The first-order valence-corrected chi connectivity index (χ1v) is 5.75. The van der Waals surface area contributed by atoms with E-state index in [2.05, 4.69) is 32.9 Å². The van der Waals surface area contributed by atoms with Crippen LogP contribution in [0.2, 0.25) is 0 Å². The molecule has 1 aromatic rings. The van der Waals surface area contributed by atoms with Gasteiger partial charge in [0.2, 0.25) is 0 Å². The van der Waals surface area contributed by atoms with Crippen molar-refractivity contribution in [3.05, 3.63) is 34.4 Å². The van der Waals surface area contributed by atoms with E-state index in [9.17, 15) is 4.79 Å². The van der Waals surface area contributed by atoms with Gasteiger partial charge < -0.3 is 5.11 Å². The van der Waals surface area contributed by atoms with Gasteiger partial charge in [0.15, 0.2) is 0 Å². The molecule has 1 N–H and O–H groups in total. The summed E-state index contributed by atoms with van der Waals surface area (Å²) < 4.78 is 0. The van der Waals surface area contributed by atoms with Crippen LogP contribution in [0, 0.1) is 26.7 Å². The maximum absolute atomic E-state index is 11.0. The number of hydrogen-bond acceptors (Lipinski definition) is 1. The van der Waals surface area contributed by atoms with Gasteiger partial charge in [-0.25, -0.2) is 0 Å². The summed E-state index contributed by atoms with van der Waals surface area (Å²) in [5.74, 6) is -0.956. The van der Waals surface area contributed by atoms with Gasteiger partial charge in [0, 0.05) is 0 Å². The van der Waals surface area contributed by atoms with Crippen LogP contribution in [0.15, 0.2) is 12.1 Å². The third-order valence-electron chi connectivity index (χ3n) is 3.13. The number of hydrogen-bond donors (Lipinski definition) is 1. The Balaban J connectivity index is 3.01. The van der Waals surface area contributed by atoms with Crippen LogP contribution < -0.4 is 0 Å². The fourth-order valence-electron chi connectivity index (χ4n) is 2.18. The second-order valence-electron chi connectivity index (χ2n) is 4.52. The molecule has 0 aromatic heterocycles. The van der Waals surface area contributed by atoms with E-state index in [-0.39, 0.29) is 5.92 Å². The maximum Gasteiger partial charge on any atom is 0.306 e. The summed E-state index contributed by atoms with van der Waals surface area (Å²) in [5, 5.41) is 9.07. The molecule has 0 radical (unpaired) electrons. The highest BCUT2D eigenvalue weighted by atomic mass is 16.4. The van der Waals surface area contributed by atoms with Gasteiger partial charge in [0.1, 0.15) is 0 Å². The number of aryl methyl sites for hydroxylation is 3. The van der Waals surface area contributed by atoms with Crippen molar-refractivity contribution in [3.63, 3.8) is 0 Å². The lowest BCUT2D eigenvalue weighted by Gasteiger charge is -2.15. The van der Waals surface area contributed by atoms with Crippen LogP contribution in [0.5, 0.6) is 0 Å². The van der Waals surface area contributed by atoms with E-state index < -0.39 is 5.97 Å². The number of carboxylic acid groups (broad SMARTS) is 1. The van der Waals surface area contributed by atoms with Gasteiger partial charge in [-0.3, -0.25) is 4.79 Å². The lowest BCUT2D eigenvalue weighted by atomic mass is 9.90. The molecular formula is C14H20O2. The molecule has 0 saturated carbocycles. The Morgan fingerprint density at radius 1 is 1.25 bits per heavy atom. The third kappa shape index (κ3) is 2.84. The number of carboxylic acids is 1. The topological polar surface area (TPSA) is 37.3 Å². The summed E-state index contributed by atoms with van der Waals surface area (Å²) in [4.78, 5) is 11.0. The first-order valence-electron chi connectivity index (χ1n) is 5.75. The quantitative estimate of drug-likeness (QED) is 0.845. The Labute approximate surface area is 97.3 Å².